The van der Waals surface area contributed by atoms with Gasteiger partial charge < -0.3 is 19.9 Å². The molecule has 2 amide bonds. The molecule has 0 spiro atoms. The van der Waals surface area contributed by atoms with Crippen molar-refractivity contribution in [1.29, 1.82) is 0 Å². The predicted octanol–water partition coefficient (Wildman–Crippen LogP) is 4.42. The smallest absolute Gasteiger partial charge is 0.340 e. The van der Waals surface area contributed by atoms with Crippen molar-refractivity contribution in [3.8, 4) is 5.75 Å². The second-order valence-electron chi connectivity index (χ2n) is 10.7. The van der Waals surface area contributed by atoms with Gasteiger partial charge in [-0.25, -0.2) is 4.79 Å². The van der Waals surface area contributed by atoms with Gasteiger partial charge in [-0.15, -0.1) is 16.5 Å². The molecule has 4 rings (SSSR count). The minimum atomic E-state index is -0.727. The Morgan fingerprint density at radius 1 is 1.18 bits per heavy atom. The van der Waals surface area contributed by atoms with Crippen molar-refractivity contribution in [3.63, 3.8) is 0 Å². The third kappa shape index (κ3) is 6.06. The number of amides is 2. The Hall–Kier alpha value is -2.88. The number of rotatable bonds is 10. The van der Waals surface area contributed by atoms with Crippen LogP contribution in [0.4, 0.5) is 4.79 Å². The van der Waals surface area contributed by atoms with Crippen molar-refractivity contribution in [2.45, 2.75) is 70.3 Å². The summed E-state index contributed by atoms with van der Waals surface area (Å²) in [6, 6.07) is 5.05. The molecule has 0 radical (unpaired) electrons. The highest BCUT2D eigenvalue weighted by atomic mass is 35.5. The van der Waals surface area contributed by atoms with E-state index in [1.165, 1.54) is 11.1 Å². The number of benzene rings is 1. The van der Waals surface area contributed by atoms with E-state index < -0.39 is 18.0 Å². The molecule has 0 aromatic heterocycles. The lowest BCUT2D eigenvalue weighted by Crippen LogP contribution is -2.45. The number of nitrogens with zero attached hydrogens (tertiary/aromatic N) is 2. The number of carbonyl (C=O) groups is 3. The third-order valence-electron chi connectivity index (χ3n) is 8.70. The van der Waals surface area contributed by atoms with Crippen molar-refractivity contribution < 1.29 is 29.0 Å². The number of aryl methyl sites for hydroxylation is 1. The largest absolute Gasteiger partial charge is 0.508 e. The standard InChI is InChI=1S/C27H36ClN3O7/c1-27-11-10-20-19-5-3-18(32)16-17(19)2-4-21(20)22(27)6-7-23(27)38-25(34)9-8-24(33)37-15-13-29-26(35)31(30-36)14-12-28/h3,5,16,20-23,32H,2,4,6-15H2,1H3,(H,29,35)/t20-,21-,22+,23+,27+/m1/s1. The fraction of sp³-hybridized carbons (Fsp3) is 0.667. The Labute approximate surface area is 227 Å². The number of halogens is 1. The molecule has 3 aliphatic rings. The van der Waals surface area contributed by atoms with Crippen LogP contribution in [-0.4, -0.2) is 59.8 Å². The molecule has 0 unspecified atom stereocenters. The number of fused-ring (bicyclic) bond motifs is 5. The van der Waals surface area contributed by atoms with Gasteiger partial charge in [-0.05, 0) is 79.5 Å². The number of ether oxygens (including phenoxy) is 2. The number of urea groups is 1. The van der Waals surface area contributed by atoms with Crippen LogP contribution in [-0.2, 0) is 25.5 Å². The number of nitroso groups, excluding NO2 is 1. The maximum atomic E-state index is 12.6. The molecule has 2 saturated carbocycles. The number of esters is 2. The van der Waals surface area contributed by atoms with E-state index in [9.17, 15) is 24.4 Å². The van der Waals surface area contributed by atoms with Gasteiger partial charge in [0.25, 0.3) is 0 Å². The van der Waals surface area contributed by atoms with Gasteiger partial charge in [0, 0.05) is 11.3 Å². The van der Waals surface area contributed by atoms with E-state index in [0.717, 1.165) is 38.5 Å². The van der Waals surface area contributed by atoms with Crippen LogP contribution in [0.3, 0.4) is 0 Å². The van der Waals surface area contributed by atoms with Gasteiger partial charge in [0.2, 0.25) is 0 Å². The molecular formula is C27H36ClN3O7. The van der Waals surface area contributed by atoms with Crippen molar-refractivity contribution >= 4 is 29.6 Å². The number of hydrogen-bond donors (Lipinski definition) is 2. The van der Waals surface area contributed by atoms with Gasteiger partial charge in [-0.1, -0.05) is 13.0 Å². The normalized spacial score (nSPS) is 27.3. The molecule has 0 saturated heterocycles. The minimum absolute atomic E-state index is 0.00105. The van der Waals surface area contributed by atoms with Crippen LogP contribution in [0.25, 0.3) is 0 Å². The van der Waals surface area contributed by atoms with Gasteiger partial charge in [0.1, 0.15) is 18.5 Å². The Bertz CT molecular complexity index is 1050. The summed E-state index contributed by atoms with van der Waals surface area (Å²) in [5.41, 5.74) is 2.56. The minimum Gasteiger partial charge on any atom is -0.508 e. The summed E-state index contributed by atoms with van der Waals surface area (Å²) in [6.45, 7) is 2.13. The molecule has 0 aliphatic heterocycles. The molecule has 2 N–H and O–H groups in total. The van der Waals surface area contributed by atoms with Crippen molar-refractivity contribution in [2.75, 3.05) is 25.6 Å². The van der Waals surface area contributed by atoms with Crippen LogP contribution in [0.2, 0.25) is 0 Å². The summed E-state index contributed by atoms with van der Waals surface area (Å²) in [5, 5.41) is 15.5. The fourth-order valence-electron chi connectivity index (χ4n) is 6.88. The first-order valence-corrected chi connectivity index (χ1v) is 13.9. The maximum absolute atomic E-state index is 12.6. The molecule has 38 heavy (non-hydrogen) atoms. The second-order valence-corrected chi connectivity index (χ2v) is 11.1. The average molecular weight is 550 g/mol. The number of alkyl halides is 1. The van der Waals surface area contributed by atoms with Crippen LogP contribution < -0.4 is 5.32 Å². The van der Waals surface area contributed by atoms with Crippen molar-refractivity contribution in [1.82, 2.24) is 10.3 Å². The number of nitrogens with one attached hydrogen (secondary N) is 1. The molecule has 208 valence electrons. The van der Waals surface area contributed by atoms with E-state index in [2.05, 4.69) is 23.6 Å². The van der Waals surface area contributed by atoms with E-state index in [-0.39, 0.29) is 49.9 Å². The SMILES string of the molecule is C[C@]12CC[C@@H]3c4ccc(O)cc4CC[C@H]3[C@@H]1CC[C@@H]2OC(=O)CCC(=O)OCCNC(=O)N(CCCl)N=O. The predicted molar refractivity (Wildman–Crippen MR) is 139 cm³/mol. The second kappa shape index (κ2) is 12.3. The van der Waals surface area contributed by atoms with Crippen LogP contribution in [0.5, 0.6) is 5.75 Å². The van der Waals surface area contributed by atoms with Crippen LogP contribution in [0.15, 0.2) is 23.5 Å². The first-order valence-electron chi connectivity index (χ1n) is 13.4. The first kappa shape index (κ1) is 28.1. The summed E-state index contributed by atoms with van der Waals surface area (Å²) in [7, 11) is 0. The van der Waals surface area contributed by atoms with Gasteiger partial charge in [0.15, 0.2) is 0 Å². The quantitative estimate of drug-likeness (QED) is 0.145. The number of phenols is 1. The summed E-state index contributed by atoms with van der Waals surface area (Å²) < 4.78 is 11.0. The number of hydrogen-bond acceptors (Lipinski definition) is 8. The molecule has 0 heterocycles. The average Bonchev–Trinajstić information content (AvgIpc) is 3.23. The highest BCUT2D eigenvalue weighted by Crippen LogP contribution is 2.61. The van der Waals surface area contributed by atoms with E-state index >= 15 is 0 Å². The van der Waals surface area contributed by atoms with E-state index in [1.807, 2.05) is 6.07 Å². The van der Waals surface area contributed by atoms with Gasteiger partial charge in [0.05, 0.1) is 31.2 Å². The Morgan fingerprint density at radius 3 is 2.74 bits per heavy atom. The topological polar surface area (TPSA) is 135 Å². The van der Waals surface area contributed by atoms with Crippen LogP contribution in [0.1, 0.15) is 68.9 Å². The summed E-state index contributed by atoms with van der Waals surface area (Å²) in [6.07, 6.45) is 5.60. The zero-order valence-corrected chi connectivity index (χ0v) is 22.5. The Morgan fingerprint density at radius 2 is 1.97 bits per heavy atom. The van der Waals surface area contributed by atoms with E-state index in [1.54, 1.807) is 6.07 Å². The highest BCUT2D eigenvalue weighted by molar-refractivity contribution is 6.18. The lowest BCUT2D eigenvalue weighted by atomic mass is 9.55. The molecule has 11 heteroatoms. The summed E-state index contributed by atoms with van der Waals surface area (Å²) in [5.74, 6) is 0.947. The zero-order chi connectivity index (χ0) is 27.3. The molecular weight excluding hydrogens is 514 g/mol. The fourth-order valence-corrected chi connectivity index (χ4v) is 7.04. The number of carbonyl (C=O) groups excluding carboxylic acids is 3. The molecule has 3 aliphatic carbocycles. The maximum Gasteiger partial charge on any atom is 0.340 e. The monoisotopic (exact) mass is 549 g/mol. The molecule has 10 nitrogen and oxygen atoms in total. The summed E-state index contributed by atoms with van der Waals surface area (Å²) in [4.78, 5) is 47.0. The number of phenolic OH excluding ortho intramolecular Hbond substituents is 1. The molecule has 0 bridgehead atoms. The van der Waals surface area contributed by atoms with Crippen molar-refractivity contribution in [3.05, 3.63) is 34.2 Å². The van der Waals surface area contributed by atoms with Crippen LogP contribution in [0, 0.1) is 22.2 Å². The van der Waals surface area contributed by atoms with Gasteiger partial charge in [-0.2, -0.15) is 5.01 Å². The Kier molecular flexibility index (Phi) is 9.12. The van der Waals surface area contributed by atoms with Crippen molar-refractivity contribution in [2.24, 2.45) is 22.5 Å². The lowest BCUT2D eigenvalue weighted by Gasteiger charge is -2.50. The Balaban J connectivity index is 1.20. The molecule has 1 aromatic carbocycles. The molecule has 1 aromatic rings. The van der Waals surface area contributed by atoms with Gasteiger partial charge in [-0.3, -0.25) is 9.59 Å². The lowest BCUT2D eigenvalue weighted by molar-refractivity contribution is -0.160. The highest BCUT2D eigenvalue weighted by Gasteiger charge is 2.56. The van der Waals surface area contributed by atoms with Crippen LogP contribution >= 0.6 is 11.6 Å². The molecule has 5 atom stereocenters. The first-order chi connectivity index (χ1) is 18.3. The zero-order valence-electron chi connectivity index (χ0n) is 21.7. The molecule has 2 fully saturated rings. The van der Waals surface area contributed by atoms with E-state index in [0.29, 0.717) is 28.5 Å². The van der Waals surface area contributed by atoms with E-state index in [4.69, 9.17) is 21.1 Å². The summed E-state index contributed by atoms with van der Waals surface area (Å²) >= 11 is 5.49. The number of aromatic hydroxyl groups is 1. The van der Waals surface area contributed by atoms with Gasteiger partial charge >= 0.3 is 18.0 Å². The third-order valence-corrected chi connectivity index (χ3v) is 8.87.